The van der Waals surface area contributed by atoms with Gasteiger partial charge in [0.25, 0.3) is 0 Å². The molecule has 1 rings (SSSR count). The third-order valence-corrected chi connectivity index (χ3v) is 2.41. The second-order valence-corrected chi connectivity index (χ2v) is 4.87. The molecular weight excluding hydrogens is 252 g/mol. The maximum atomic E-state index is 11.5. The van der Waals surface area contributed by atoms with Gasteiger partial charge in [-0.3, -0.25) is 9.59 Å². The smallest absolute Gasteiger partial charge is 0.233 e. The molecule has 0 fully saturated rings. The molecule has 0 bridgehead atoms. The van der Waals surface area contributed by atoms with Gasteiger partial charge in [-0.25, -0.2) is 0 Å². The summed E-state index contributed by atoms with van der Waals surface area (Å²) in [7, 11) is 0. The Bertz CT molecular complexity index is 416. The summed E-state index contributed by atoms with van der Waals surface area (Å²) in [6, 6.07) is 6.73. The highest BCUT2D eigenvalue weighted by Gasteiger charge is 2.09. The molecule has 0 saturated heterocycles. The zero-order valence-electron chi connectivity index (χ0n) is 10.5. The van der Waals surface area contributed by atoms with Crippen molar-refractivity contribution in [3.05, 3.63) is 29.3 Å². The van der Waals surface area contributed by atoms with Crippen molar-refractivity contribution in [1.82, 2.24) is 5.32 Å². The standard InChI is InChI=1S/C13H17ClN2O2/c1-9(2)8-15-12(17)7-13(18)16-11-5-3-10(14)4-6-11/h3-6,9H,7-8H2,1-2H3,(H,15,17)(H,16,18). The molecule has 1 aromatic rings. The van der Waals surface area contributed by atoms with Crippen LogP contribution in [0.2, 0.25) is 5.02 Å². The number of hydrogen-bond acceptors (Lipinski definition) is 2. The molecular formula is C13H17ClN2O2. The van der Waals surface area contributed by atoms with E-state index < -0.39 is 0 Å². The molecule has 0 aliphatic heterocycles. The molecule has 0 saturated carbocycles. The van der Waals surface area contributed by atoms with Crippen LogP contribution in [0.15, 0.2) is 24.3 Å². The predicted molar refractivity (Wildman–Crippen MR) is 72.5 cm³/mol. The number of halogens is 1. The molecule has 0 heterocycles. The maximum Gasteiger partial charge on any atom is 0.233 e. The first-order valence-corrected chi connectivity index (χ1v) is 6.17. The van der Waals surface area contributed by atoms with Crippen LogP contribution in [0.5, 0.6) is 0 Å². The quantitative estimate of drug-likeness (QED) is 0.806. The van der Waals surface area contributed by atoms with Crippen LogP contribution in [0, 0.1) is 5.92 Å². The lowest BCUT2D eigenvalue weighted by Crippen LogP contribution is -2.30. The van der Waals surface area contributed by atoms with E-state index in [4.69, 9.17) is 11.6 Å². The number of carbonyl (C=O) groups is 2. The molecule has 0 spiro atoms. The number of nitrogens with one attached hydrogen (secondary N) is 2. The molecule has 0 aliphatic rings. The Labute approximate surface area is 112 Å². The van der Waals surface area contributed by atoms with Gasteiger partial charge in [-0.1, -0.05) is 25.4 Å². The minimum Gasteiger partial charge on any atom is -0.355 e. The fourth-order valence-corrected chi connectivity index (χ4v) is 1.39. The summed E-state index contributed by atoms with van der Waals surface area (Å²) in [4.78, 5) is 23.0. The van der Waals surface area contributed by atoms with Gasteiger partial charge < -0.3 is 10.6 Å². The van der Waals surface area contributed by atoms with Crippen LogP contribution >= 0.6 is 11.6 Å². The van der Waals surface area contributed by atoms with Gasteiger partial charge in [0, 0.05) is 17.3 Å². The highest BCUT2D eigenvalue weighted by molar-refractivity contribution is 6.30. The summed E-state index contributed by atoms with van der Waals surface area (Å²) in [6.07, 6.45) is -0.171. The first kappa shape index (κ1) is 14.5. The van der Waals surface area contributed by atoms with E-state index in [2.05, 4.69) is 10.6 Å². The fraction of sp³-hybridized carbons (Fsp3) is 0.385. The van der Waals surface area contributed by atoms with Crippen LogP contribution < -0.4 is 10.6 Å². The lowest BCUT2D eigenvalue weighted by molar-refractivity contribution is -0.126. The van der Waals surface area contributed by atoms with E-state index in [1.54, 1.807) is 24.3 Å². The van der Waals surface area contributed by atoms with Crippen LogP contribution in [0.1, 0.15) is 20.3 Å². The first-order chi connectivity index (χ1) is 8.47. The first-order valence-electron chi connectivity index (χ1n) is 5.79. The van der Waals surface area contributed by atoms with Gasteiger partial charge >= 0.3 is 0 Å². The zero-order valence-corrected chi connectivity index (χ0v) is 11.3. The van der Waals surface area contributed by atoms with Crippen LogP contribution in [0.25, 0.3) is 0 Å². The summed E-state index contributed by atoms with van der Waals surface area (Å²) in [5, 5.41) is 5.92. The third kappa shape index (κ3) is 5.68. The highest BCUT2D eigenvalue weighted by atomic mass is 35.5. The Morgan fingerprint density at radius 2 is 1.78 bits per heavy atom. The van der Waals surface area contributed by atoms with Crippen molar-refractivity contribution in [2.45, 2.75) is 20.3 Å². The second-order valence-electron chi connectivity index (χ2n) is 4.43. The van der Waals surface area contributed by atoms with Gasteiger partial charge in [0.2, 0.25) is 11.8 Å². The predicted octanol–water partition coefficient (Wildman–Crippen LogP) is 2.44. The molecule has 0 unspecified atom stereocenters. The molecule has 1 aromatic carbocycles. The van der Waals surface area contributed by atoms with Crippen molar-refractivity contribution < 1.29 is 9.59 Å². The molecule has 2 N–H and O–H groups in total. The molecule has 18 heavy (non-hydrogen) atoms. The molecule has 0 aromatic heterocycles. The SMILES string of the molecule is CC(C)CNC(=O)CC(=O)Nc1ccc(Cl)cc1. The number of amides is 2. The van der Waals surface area contributed by atoms with E-state index in [1.807, 2.05) is 13.8 Å². The van der Waals surface area contributed by atoms with E-state index in [0.29, 0.717) is 23.2 Å². The summed E-state index contributed by atoms with van der Waals surface area (Å²) in [6.45, 7) is 4.56. The van der Waals surface area contributed by atoms with Gasteiger partial charge in [0.15, 0.2) is 0 Å². The molecule has 0 aliphatic carbocycles. The summed E-state index contributed by atoms with van der Waals surface area (Å²) in [5.74, 6) is -0.234. The lowest BCUT2D eigenvalue weighted by atomic mass is 10.2. The monoisotopic (exact) mass is 268 g/mol. The Morgan fingerprint density at radius 1 is 1.17 bits per heavy atom. The highest BCUT2D eigenvalue weighted by Crippen LogP contribution is 2.13. The zero-order chi connectivity index (χ0) is 13.5. The minimum atomic E-state index is -0.335. The Kier molecular flexibility index (Phi) is 5.65. The summed E-state index contributed by atoms with van der Waals surface area (Å²) >= 11 is 5.73. The molecule has 2 amide bonds. The van der Waals surface area contributed by atoms with Crippen LogP contribution in [-0.2, 0) is 9.59 Å². The molecule has 5 heteroatoms. The van der Waals surface area contributed by atoms with Crippen molar-refractivity contribution in [2.75, 3.05) is 11.9 Å². The number of carbonyl (C=O) groups excluding carboxylic acids is 2. The van der Waals surface area contributed by atoms with Gasteiger partial charge in [-0.2, -0.15) is 0 Å². The summed E-state index contributed by atoms with van der Waals surface area (Å²) < 4.78 is 0. The van der Waals surface area contributed by atoms with Crippen LogP contribution in [0.4, 0.5) is 5.69 Å². The van der Waals surface area contributed by atoms with E-state index in [0.717, 1.165) is 0 Å². The second kappa shape index (κ2) is 7.01. The Morgan fingerprint density at radius 3 is 2.33 bits per heavy atom. The van der Waals surface area contributed by atoms with Crippen molar-refractivity contribution in [3.63, 3.8) is 0 Å². The van der Waals surface area contributed by atoms with Gasteiger partial charge in [-0.15, -0.1) is 0 Å². The molecule has 4 nitrogen and oxygen atoms in total. The number of hydrogen-bond donors (Lipinski definition) is 2. The van der Waals surface area contributed by atoms with E-state index in [9.17, 15) is 9.59 Å². The van der Waals surface area contributed by atoms with Gasteiger partial charge in [0.05, 0.1) is 0 Å². The lowest BCUT2D eigenvalue weighted by Gasteiger charge is -2.08. The largest absolute Gasteiger partial charge is 0.355 e. The van der Waals surface area contributed by atoms with E-state index >= 15 is 0 Å². The van der Waals surface area contributed by atoms with Gasteiger partial charge in [0.1, 0.15) is 6.42 Å². The minimum absolute atomic E-state index is 0.171. The van der Waals surface area contributed by atoms with Crippen molar-refractivity contribution in [1.29, 1.82) is 0 Å². The van der Waals surface area contributed by atoms with Crippen molar-refractivity contribution in [3.8, 4) is 0 Å². The number of rotatable bonds is 5. The molecule has 0 atom stereocenters. The third-order valence-electron chi connectivity index (χ3n) is 2.16. The maximum absolute atomic E-state index is 11.5. The van der Waals surface area contributed by atoms with Crippen LogP contribution in [-0.4, -0.2) is 18.4 Å². The number of anilines is 1. The molecule has 0 radical (unpaired) electrons. The Balaban J connectivity index is 2.37. The number of benzene rings is 1. The Hall–Kier alpha value is -1.55. The molecule has 98 valence electrons. The van der Waals surface area contributed by atoms with Crippen LogP contribution in [0.3, 0.4) is 0 Å². The topological polar surface area (TPSA) is 58.2 Å². The van der Waals surface area contributed by atoms with E-state index in [-0.39, 0.29) is 18.2 Å². The van der Waals surface area contributed by atoms with Gasteiger partial charge in [-0.05, 0) is 30.2 Å². The summed E-state index contributed by atoms with van der Waals surface area (Å²) in [5.41, 5.74) is 0.626. The van der Waals surface area contributed by atoms with Crippen molar-refractivity contribution in [2.24, 2.45) is 5.92 Å². The van der Waals surface area contributed by atoms with Crippen molar-refractivity contribution >= 4 is 29.1 Å². The normalized spacial score (nSPS) is 10.2. The average Bonchev–Trinajstić information content (AvgIpc) is 2.29. The van der Waals surface area contributed by atoms with E-state index in [1.165, 1.54) is 0 Å². The fourth-order valence-electron chi connectivity index (χ4n) is 1.26. The average molecular weight is 269 g/mol.